The summed E-state index contributed by atoms with van der Waals surface area (Å²) in [5.41, 5.74) is 0. The van der Waals surface area contributed by atoms with Crippen LogP contribution in [0, 0.1) is 0 Å². The highest BCUT2D eigenvalue weighted by atomic mass is 31.2. The molecule has 0 spiro atoms. The summed E-state index contributed by atoms with van der Waals surface area (Å²) >= 11 is 0. The Bertz CT molecular complexity index is 1170. The average molecular weight is 957 g/mol. The maximum atomic E-state index is 12.1. The summed E-state index contributed by atoms with van der Waals surface area (Å²) in [5.74, 6) is 0. The van der Waals surface area contributed by atoms with Gasteiger partial charge in [0.2, 0.25) is 0 Å². The third-order valence-corrected chi connectivity index (χ3v) is 27.3. The molecule has 13 nitrogen and oxygen atoms in total. The molecule has 0 heterocycles. The van der Waals surface area contributed by atoms with E-state index in [2.05, 4.69) is 108 Å². The number of unbranched alkanes of at least 4 members (excludes halogenated alkanes) is 4. The van der Waals surface area contributed by atoms with Crippen LogP contribution in [-0.4, -0.2) is 141 Å². The Morgan fingerprint density at radius 1 is 0.458 bits per heavy atom. The molecule has 2 atom stereocenters. The summed E-state index contributed by atoms with van der Waals surface area (Å²) in [6.07, 6.45) is 11.1. The molecule has 0 bridgehead atoms. The molecule has 1 N–H and O–H groups in total. The van der Waals surface area contributed by atoms with E-state index in [-0.39, 0.29) is 33.0 Å². The quantitative estimate of drug-likeness (QED) is 0.0275. The van der Waals surface area contributed by atoms with Crippen molar-refractivity contribution in [3.05, 3.63) is 0 Å². The monoisotopic (exact) mass is 956 g/mol. The zero-order valence-electron chi connectivity index (χ0n) is 41.3. The molecule has 0 fully saturated rings. The summed E-state index contributed by atoms with van der Waals surface area (Å²) in [6, 6.07) is 4.39. The topological polar surface area (TPSA) is 142 Å². The predicted octanol–water partition coefficient (Wildman–Crippen LogP) is 10.6. The highest BCUT2D eigenvalue weighted by Crippen LogP contribution is 2.43. The number of hydrogen-bond acceptors (Lipinski definition) is 10. The van der Waals surface area contributed by atoms with Crippen molar-refractivity contribution >= 4 is 48.9 Å². The molecule has 19 heteroatoms. The molecule has 0 saturated carbocycles. The van der Waals surface area contributed by atoms with Gasteiger partial charge in [0.25, 0.3) is 7.82 Å². The van der Waals surface area contributed by atoms with Gasteiger partial charge in [-0.15, -0.1) is 0 Å². The van der Waals surface area contributed by atoms with E-state index in [4.69, 9.17) is 31.1 Å². The fraction of sp³-hybridized carbons (Fsp3) is 1.00. The fourth-order valence-electron chi connectivity index (χ4n) is 6.77. The zero-order valence-corrected chi connectivity index (χ0v) is 47.1. The van der Waals surface area contributed by atoms with Gasteiger partial charge in [-0.25, -0.2) is 4.57 Å². The van der Waals surface area contributed by atoms with Gasteiger partial charge in [0.05, 0.1) is 61.1 Å². The number of phosphoric ester groups is 2. The number of phosphoric acid groups is 2. The Kier molecular flexibility index (Phi) is 32.5. The molecular weight excluding hydrogens is 859 g/mol. The molecule has 0 aliphatic rings. The SMILES string of the molecule is CCCC[N+](C)(C)CCOP(=O)(O)OCCC[Si](C)(C)O[Si](C)(C)CCCC.CCCC[N+](C)(C)CCOP(=O)([O-])OCCOCCC[Si](C)(C)O[Si](C)(C)CCCC. The minimum atomic E-state index is -4.27. The first-order valence-corrected chi connectivity index (χ1v) is 38.2. The van der Waals surface area contributed by atoms with Crippen LogP contribution in [0.4, 0.5) is 0 Å². The molecule has 0 aliphatic heterocycles. The van der Waals surface area contributed by atoms with Gasteiger partial charge < -0.3 is 40.8 Å². The predicted molar refractivity (Wildman–Crippen MR) is 256 cm³/mol. The van der Waals surface area contributed by atoms with E-state index < -0.39 is 48.9 Å². The zero-order chi connectivity index (χ0) is 45.9. The fourth-order valence-corrected chi connectivity index (χ4v) is 26.2. The molecule has 0 radical (unpaired) electrons. The molecular formula is C40H97N2O11P2Si4+. The first kappa shape index (κ1) is 62.0. The molecule has 0 saturated heterocycles. The number of hydrogen-bond donors (Lipinski definition) is 1. The molecule has 2 unspecified atom stereocenters. The second-order valence-electron chi connectivity index (χ2n) is 20.0. The second kappa shape index (κ2) is 30.9. The summed E-state index contributed by atoms with van der Waals surface area (Å²) in [7, 11) is -6.52. The molecule has 0 amide bonds. The number of likely N-dealkylation sites (N-methyl/N-ethyl adjacent to an activating group) is 2. The van der Waals surface area contributed by atoms with Crippen molar-refractivity contribution in [3.63, 3.8) is 0 Å². The van der Waals surface area contributed by atoms with Crippen LogP contribution in [0.5, 0.6) is 0 Å². The lowest BCUT2D eigenvalue weighted by Crippen LogP contribution is -2.44. The Balaban J connectivity index is 0. The number of nitrogens with zero attached hydrogens (tertiary/aromatic N) is 2. The lowest BCUT2D eigenvalue weighted by atomic mass is 10.3. The average Bonchev–Trinajstić information content (AvgIpc) is 3.08. The number of ether oxygens (including phenoxy) is 1. The standard InChI is InChI=1S/C21H50NO6PSi2.C19H46NO5PSi2/c1-9-11-14-22(3,4)15-17-26-29(23,24)27-19-18-25-16-13-21-31(7,8)28-30(5,6)20-12-10-2;1-9-11-14-20(3,4)15-17-24-26(21,22)23-16-13-19-28(7,8)25-27(5,6)18-12-10-2/h9-21H2,1-8H3;9-19H2,1-8H3/p+1. The van der Waals surface area contributed by atoms with Gasteiger partial charge in [0, 0.05) is 6.61 Å². The van der Waals surface area contributed by atoms with Crippen LogP contribution in [0.15, 0.2) is 0 Å². The van der Waals surface area contributed by atoms with Crippen LogP contribution in [0.3, 0.4) is 0 Å². The molecule has 59 heavy (non-hydrogen) atoms. The third kappa shape index (κ3) is 39.0. The molecule has 0 aliphatic carbocycles. The summed E-state index contributed by atoms with van der Waals surface area (Å²) in [6.45, 7) is 31.8. The minimum Gasteiger partial charge on any atom is -0.756 e. The molecule has 0 aromatic heterocycles. The van der Waals surface area contributed by atoms with Crippen molar-refractivity contribution in [1.82, 2.24) is 0 Å². The smallest absolute Gasteiger partial charge is 0.472 e. The third-order valence-electron chi connectivity index (χ3n) is 10.2. The number of rotatable bonds is 37. The molecule has 0 aromatic rings. The van der Waals surface area contributed by atoms with Crippen LogP contribution in [0.25, 0.3) is 0 Å². The van der Waals surface area contributed by atoms with Gasteiger partial charge in [-0.05, 0) is 102 Å². The first-order chi connectivity index (χ1) is 27.0. The van der Waals surface area contributed by atoms with Crippen LogP contribution < -0.4 is 4.89 Å². The maximum Gasteiger partial charge on any atom is 0.472 e. The lowest BCUT2D eigenvalue weighted by molar-refractivity contribution is -0.890. The maximum absolute atomic E-state index is 12.1. The Labute approximate surface area is 368 Å². The van der Waals surface area contributed by atoms with E-state index in [0.29, 0.717) is 19.7 Å². The van der Waals surface area contributed by atoms with E-state index >= 15 is 0 Å². The summed E-state index contributed by atoms with van der Waals surface area (Å²) < 4.78 is 64.4. The van der Waals surface area contributed by atoms with E-state index in [1.807, 2.05) is 0 Å². The Morgan fingerprint density at radius 3 is 1.20 bits per heavy atom. The largest absolute Gasteiger partial charge is 0.756 e. The van der Waals surface area contributed by atoms with E-state index in [1.165, 1.54) is 37.8 Å². The normalized spacial score (nSPS) is 15.4. The van der Waals surface area contributed by atoms with E-state index in [1.54, 1.807) is 0 Å². The number of quaternary nitrogens is 2. The van der Waals surface area contributed by atoms with Crippen molar-refractivity contribution in [2.75, 3.05) is 94.0 Å². The van der Waals surface area contributed by atoms with Gasteiger partial charge in [-0.1, -0.05) is 66.2 Å². The molecule has 358 valence electrons. The summed E-state index contributed by atoms with van der Waals surface area (Å²) in [5, 5.41) is 0. The van der Waals surface area contributed by atoms with Crippen molar-refractivity contribution < 1.29 is 58.9 Å². The van der Waals surface area contributed by atoms with Crippen LogP contribution in [-0.2, 0) is 40.2 Å². The molecule has 0 aromatic carbocycles. The van der Waals surface area contributed by atoms with Gasteiger partial charge in [-0.3, -0.25) is 13.6 Å². The van der Waals surface area contributed by atoms with E-state index in [0.717, 1.165) is 72.7 Å². The van der Waals surface area contributed by atoms with Gasteiger partial charge in [-0.2, -0.15) is 0 Å². The Morgan fingerprint density at radius 2 is 0.797 bits per heavy atom. The van der Waals surface area contributed by atoms with Crippen molar-refractivity contribution in [2.24, 2.45) is 0 Å². The minimum absolute atomic E-state index is 0.0108. The van der Waals surface area contributed by atoms with Crippen molar-refractivity contribution in [1.29, 1.82) is 0 Å². The second-order valence-corrected chi connectivity index (χ2v) is 40.6. The van der Waals surface area contributed by atoms with Gasteiger partial charge >= 0.3 is 7.82 Å². The lowest BCUT2D eigenvalue weighted by Gasteiger charge is -2.34. The van der Waals surface area contributed by atoms with Gasteiger partial charge in [0.1, 0.15) is 26.3 Å². The van der Waals surface area contributed by atoms with Crippen LogP contribution in [0.2, 0.25) is 76.6 Å². The van der Waals surface area contributed by atoms with Crippen LogP contribution in [0.1, 0.15) is 91.9 Å². The summed E-state index contributed by atoms with van der Waals surface area (Å²) in [4.78, 5) is 21.8. The van der Waals surface area contributed by atoms with Crippen LogP contribution >= 0.6 is 15.6 Å². The van der Waals surface area contributed by atoms with E-state index in [9.17, 15) is 18.9 Å². The highest BCUT2D eigenvalue weighted by Gasteiger charge is 2.33. The first-order valence-electron chi connectivity index (χ1n) is 22.8. The van der Waals surface area contributed by atoms with Gasteiger partial charge in [0.15, 0.2) is 33.3 Å². The van der Waals surface area contributed by atoms with Crippen molar-refractivity contribution in [2.45, 2.75) is 168 Å². The van der Waals surface area contributed by atoms with Crippen molar-refractivity contribution in [3.8, 4) is 0 Å². The highest BCUT2D eigenvalue weighted by molar-refractivity contribution is 7.47. The Hall–Kier alpha value is 0.888. The molecule has 0 rings (SSSR count).